The normalized spacial score (nSPS) is 25.6. The molecule has 2 saturated heterocycles. The predicted molar refractivity (Wildman–Crippen MR) is 117 cm³/mol. The number of amides is 4. The molecule has 10 nitrogen and oxygen atoms in total. The van der Waals surface area contributed by atoms with Crippen molar-refractivity contribution in [1.82, 2.24) is 35.7 Å². The van der Waals surface area contributed by atoms with Crippen LogP contribution in [0.2, 0.25) is 0 Å². The molecule has 0 radical (unpaired) electrons. The van der Waals surface area contributed by atoms with Crippen molar-refractivity contribution in [2.75, 3.05) is 19.6 Å². The van der Waals surface area contributed by atoms with Crippen LogP contribution >= 0.6 is 0 Å². The summed E-state index contributed by atoms with van der Waals surface area (Å²) in [6.45, 7) is 7.64. The van der Waals surface area contributed by atoms with Crippen LogP contribution in [-0.4, -0.2) is 81.4 Å². The Morgan fingerprint density at radius 2 is 1.91 bits per heavy atom. The molecule has 1 aliphatic carbocycles. The standard InChI is InChI=1S/C22H33N7O3/c1-13(2)26-22(32)27-17-6-18-12-28(10-15-7-23-14(3)24-8-15)19(21(31)29(18)11-17)9-25-20(30)16-4-5-16/h7-8,13,16-19H,4-6,9-12H2,1-3H3,(H,25,30)(H2,26,27,32)/t17-,18-,19-/m0/s1. The smallest absolute Gasteiger partial charge is 0.315 e. The van der Waals surface area contributed by atoms with E-state index in [9.17, 15) is 14.4 Å². The van der Waals surface area contributed by atoms with Crippen LogP contribution in [0.4, 0.5) is 4.79 Å². The van der Waals surface area contributed by atoms with Gasteiger partial charge in [0.15, 0.2) is 0 Å². The third-order valence-electron chi connectivity index (χ3n) is 6.26. The van der Waals surface area contributed by atoms with Gasteiger partial charge in [-0.1, -0.05) is 0 Å². The molecule has 3 heterocycles. The minimum Gasteiger partial charge on any atom is -0.354 e. The first-order chi connectivity index (χ1) is 15.3. The molecule has 4 amide bonds. The lowest BCUT2D eigenvalue weighted by molar-refractivity contribution is -0.144. The topological polar surface area (TPSA) is 120 Å². The number of carbonyl (C=O) groups is 3. The average Bonchev–Trinajstić information content (AvgIpc) is 3.50. The molecule has 4 rings (SSSR count). The predicted octanol–water partition coefficient (Wildman–Crippen LogP) is 0.173. The maximum atomic E-state index is 13.4. The van der Waals surface area contributed by atoms with E-state index in [1.165, 1.54) is 0 Å². The summed E-state index contributed by atoms with van der Waals surface area (Å²) in [5, 5.41) is 8.81. The lowest BCUT2D eigenvalue weighted by atomic mass is 10.0. The monoisotopic (exact) mass is 443 g/mol. The van der Waals surface area contributed by atoms with Crippen molar-refractivity contribution in [3.05, 3.63) is 23.8 Å². The second-order valence-corrected chi connectivity index (χ2v) is 9.45. The maximum Gasteiger partial charge on any atom is 0.315 e. The zero-order valence-electron chi connectivity index (χ0n) is 19.0. The molecule has 1 saturated carbocycles. The molecule has 3 aliphatic rings. The van der Waals surface area contributed by atoms with Crippen LogP contribution in [0.25, 0.3) is 0 Å². The summed E-state index contributed by atoms with van der Waals surface area (Å²) in [6.07, 6.45) is 6.13. The molecular formula is C22H33N7O3. The Labute approximate surface area is 188 Å². The van der Waals surface area contributed by atoms with E-state index in [0.717, 1.165) is 18.4 Å². The molecule has 0 spiro atoms. The zero-order chi connectivity index (χ0) is 22.8. The fraction of sp³-hybridized carbons (Fsp3) is 0.682. The van der Waals surface area contributed by atoms with E-state index in [4.69, 9.17) is 0 Å². The quantitative estimate of drug-likeness (QED) is 0.553. The van der Waals surface area contributed by atoms with Crippen molar-refractivity contribution in [2.24, 2.45) is 5.92 Å². The fourth-order valence-electron chi connectivity index (χ4n) is 4.51. The molecule has 0 bridgehead atoms. The van der Waals surface area contributed by atoms with Crippen LogP contribution in [0.1, 0.15) is 44.5 Å². The molecule has 10 heteroatoms. The number of aromatic nitrogens is 2. The first-order valence-electron chi connectivity index (χ1n) is 11.5. The van der Waals surface area contributed by atoms with E-state index in [1.54, 1.807) is 12.4 Å². The Hall–Kier alpha value is -2.75. The van der Waals surface area contributed by atoms with E-state index in [-0.39, 0.29) is 48.4 Å². The minimum atomic E-state index is -0.446. The first-order valence-corrected chi connectivity index (χ1v) is 11.5. The van der Waals surface area contributed by atoms with Crippen LogP contribution in [0.3, 0.4) is 0 Å². The Morgan fingerprint density at radius 3 is 2.56 bits per heavy atom. The molecule has 1 aromatic rings. The fourth-order valence-corrected chi connectivity index (χ4v) is 4.51. The molecule has 0 unspecified atom stereocenters. The summed E-state index contributed by atoms with van der Waals surface area (Å²) in [6, 6.07) is -0.675. The number of carbonyl (C=O) groups excluding carboxylic acids is 3. The largest absolute Gasteiger partial charge is 0.354 e. The average molecular weight is 444 g/mol. The second-order valence-electron chi connectivity index (χ2n) is 9.45. The molecule has 174 valence electrons. The van der Waals surface area contributed by atoms with Crippen molar-refractivity contribution in [1.29, 1.82) is 0 Å². The third kappa shape index (κ3) is 5.35. The number of rotatable bonds is 7. The van der Waals surface area contributed by atoms with Crippen molar-refractivity contribution >= 4 is 17.8 Å². The number of hydrogen-bond donors (Lipinski definition) is 3. The van der Waals surface area contributed by atoms with Gasteiger partial charge < -0.3 is 20.9 Å². The summed E-state index contributed by atoms with van der Waals surface area (Å²) in [5.74, 6) is 0.830. The van der Waals surface area contributed by atoms with Gasteiger partial charge in [-0.2, -0.15) is 0 Å². The van der Waals surface area contributed by atoms with Crippen molar-refractivity contribution in [2.45, 2.75) is 70.7 Å². The van der Waals surface area contributed by atoms with Gasteiger partial charge in [0.2, 0.25) is 11.8 Å². The highest BCUT2D eigenvalue weighted by Gasteiger charge is 2.46. The zero-order valence-corrected chi connectivity index (χ0v) is 19.0. The summed E-state index contributed by atoms with van der Waals surface area (Å²) in [4.78, 5) is 50.3. The highest BCUT2D eigenvalue weighted by Crippen LogP contribution is 2.30. The van der Waals surface area contributed by atoms with Gasteiger partial charge in [-0.15, -0.1) is 0 Å². The molecule has 3 atom stereocenters. The van der Waals surface area contributed by atoms with Crippen LogP contribution < -0.4 is 16.0 Å². The van der Waals surface area contributed by atoms with Gasteiger partial charge in [0, 0.05) is 62.1 Å². The lowest BCUT2D eigenvalue weighted by Gasteiger charge is -2.42. The van der Waals surface area contributed by atoms with Crippen LogP contribution in [0.15, 0.2) is 12.4 Å². The molecular weight excluding hydrogens is 410 g/mol. The number of aryl methyl sites for hydroxylation is 1. The van der Waals surface area contributed by atoms with E-state index in [2.05, 4.69) is 30.8 Å². The highest BCUT2D eigenvalue weighted by atomic mass is 16.2. The van der Waals surface area contributed by atoms with Gasteiger partial charge in [0.25, 0.3) is 0 Å². The second kappa shape index (κ2) is 9.40. The third-order valence-corrected chi connectivity index (χ3v) is 6.26. The summed E-state index contributed by atoms with van der Waals surface area (Å²) in [7, 11) is 0. The van der Waals surface area contributed by atoms with Crippen molar-refractivity contribution in [3.63, 3.8) is 0 Å². The van der Waals surface area contributed by atoms with Gasteiger partial charge in [-0.25, -0.2) is 14.8 Å². The van der Waals surface area contributed by atoms with Crippen molar-refractivity contribution in [3.8, 4) is 0 Å². The molecule has 1 aromatic heterocycles. The van der Waals surface area contributed by atoms with Gasteiger partial charge >= 0.3 is 6.03 Å². The highest BCUT2D eigenvalue weighted by molar-refractivity contribution is 5.86. The van der Waals surface area contributed by atoms with Crippen LogP contribution in [0, 0.1) is 12.8 Å². The van der Waals surface area contributed by atoms with E-state index >= 15 is 0 Å². The Morgan fingerprint density at radius 1 is 1.19 bits per heavy atom. The van der Waals surface area contributed by atoms with Crippen LogP contribution in [0.5, 0.6) is 0 Å². The summed E-state index contributed by atoms with van der Waals surface area (Å²) in [5.41, 5.74) is 0.930. The summed E-state index contributed by atoms with van der Waals surface area (Å²) >= 11 is 0. The van der Waals surface area contributed by atoms with Gasteiger partial charge in [0.1, 0.15) is 11.9 Å². The van der Waals surface area contributed by atoms with Gasteiger partial charge in [-0.3, -0.25) is 14.5 Å². The molecule has 32 heavy (non-hydrogen) atoms. The Bertz CT molecular complexity index is 856. The maximum absolute atomic E-state index is 13.4. The number of nitrogens with one attached hydrogen (secondary N) is 3. The van der Waals surface area contributed by atoms with Gasteiger partial charge in [0.05, 0.1) is 6.04 Å². The number of fused-ring (bicyclic) bond motifs is 1. The Kier molecular flexibility index (Phi) is 6.59. The van der Waals surface area contributed by atoms with Crippen molar-refractivity contribution < 1.29 is 14.4 Å². The van der Waals surface area contributed by atoms with E-state index in [0.29, 0.717) is 31.9 Å². The Balaban J connectivity index is 1.45. The number of piperazine rings is 1. The minimum absolute atomic E-state index is 0.000977. The lowest BCUT2D eigenvalue weighted by Crippen LogP contribution is -2.62. The molecule has 3 N–H and O–H groups in total. The molecule has 0 aromatic carbocycles. The number of hydrogen-bond acceptors (Lipinski definition) is 6. The first kappa shape index (κ1) is 22.4. The van der Waals surface area contributed by atoms with Gasteiger partial charge in [-0.05, 0) is 40.0 Å². The SMILES string of the molecule is Cc1ncc(CN2C[C@@H]3C[C@H](NC(=O)NC(C)C)CN3C(=O)[C@@H]2CNC(=O)C2CC2)cn1. The van der Waals surface area contributed by atoms with E-state index in [1.807, 2.05) is 25.7 Å². The number of nitrogens with zero attached hydrogens (tertiary/aromatic N) is 4. The molecule has 2 aliphatic heterocycles. The van der Waals surface area contributed by atoms with E-state index < -0.39 is 6.04 Å². The van der Waals surface area contributed by atoms with Crippen LogP contribution in [-0.2, 0) is 16.1 Å². The molecule has 3 fully saturated rings. The summed E-state index contributed by atoms with van der Waals surface area (Å²) < 4.78 is 0. The number of urea groups is 1.